The second-order valence-electron chi connectivity index (χ2n) is 6.28. The lowest BCUT2D eigenvalue weighted by Crippen LogP contribution is -2.40. The summed E-state index contributed by atoms with van der Waals surface area (Å²) in [4.78, 5) is 18.5. The maximum absolute atomic E-state index is 12.6. The summed E-state index contributed by atoms with van der Waals surface area (Å²) in [5.74, 6) is 0.797. The van der Waals surface area contributed by atoms with Gasteiger partial charge in [0, 0.05) is 31.5 Å². The van der Waals surface area contributed by atoms with Crippen molar-refractivity contribution in [1.29, 1.82) is 0 Å². The molecule has 23 heavy (non-hydrogen) atoms. The van der Waals surface area contributed by atoms with E-state index in [0.717, 1.165) is 23.9 Å². The number of rotatable bonds is 5. The summed E-state index contributed by atoms with van der Waals surface area (Å²) in [5.41, 5.74) is 4.13. The second kappa shape index (κ2) is 6.01. The molecule has 0 spiro atoms. The molecule has 4 rings (SSSR count). The summed E-state index contributed by atoms with van der Waals surface area (Å²) in [6.45, 7) is 2.52. The quantitative estimate of drug-likeness (QED) is 0.828. The number of carbonyl (C=O) groups is 1. The lowest BCUT2D eigenvalue weighted by Gasteiger charge is -2.31. The first-order chi connectivity index (χ1) is 11.2. The number of fused-ring (bicyclic) bond motifs is 1. The summed E-state index contributed by atoms with van der Waals surface area (Å²) in [6, 6.07) is 0. The predicted octanol–water partition coefficient (Wildman–Crippen LogP) is 1.44. The van der Waals surface area contributed by atoms with Crippen LogP contribution in [-0.4, -0.2) is 50.5 Å². The molecule has 0 saturated heterocycles. The number of amides is 1. The summed E-state index contributed by atoms with van der Waals surface area (Å²) in [7, 11) is 1.90. The van der Waals surface area contributed by atoms with Crippen molar-refractivity contribution < 1.29 is 9.53 Å². The Hall–Kier alpha value is -1.80. The van der Waals surface area contributed by atoms with Crippen LogP contribution in [-0.2, 0) is 18.3 Å². The lowest BCUT2D eigenvalue weighted by atomic mass is 9.98. The number of aromatic nitrogens is 4. The normalized spacial score (nSPS) is 20.6. The molecule has 1 atom stereocenters. The van der Waals surface area contributed by atoms with E-state index in [9.17, 15) is 4.79 Å². The average molecular weight is 333 g/mol. The van der Waals surface area contributed by atoms with Crippen LogP contribution in [0.5, 0.6) is 0 Å². The maximum Gasteiger partial charge on any atom is 0.273 e. The van der Waals surface area contributed by atoms with Gasteiger partial charge in [-0.3, -0.25) is 9.48 Å². The minimum atomic E-state index is -0.0465. The Morgan fingerprint density at radius 1 is 1.43 bits per heavy atom. The Kier molecular flexibility index (Phi) is 3.86. The van der Waals surface area contributed by atoms with Gasteiger partial charge in [0.25, 0.3) is 5.91 Å². The SMILES string of the molecule is Cn1nnc2c1[C@@H](COCC1CC1)CN(C(=O)c1cscn1)C2. The minimum Gasteiger partial charge on any atom is -0.380 e. The van der Waals surface area contributed by atoms with Crippen LogP contribution in [0.3, 0.4) is 0 Å². The van der Waals surface area contributed by atoms with E-state index in [-0.39, 0.29) is 11.8 Å². The van der Waals surface area contributed by atoms with Gasteiger partial charge in [-0.15, -0.1) is 16.4 Å². The molecule has 2 aliphatic rings. The Morgan fingerprint density at radius 3 is 3.04 bits per heavy atom. The molecule has 1 amide bonds. The molecule has 0 unspecified atom stereocenters. The molecule has 122 valence electrons. The zero-order valence-corrected chi connectivity index (χ0v) is 13.8. The van der Waals surface area contributed by atoms with Crippen LogP contribution in [0.15, 0.2) is 10.9 Å². The van der Waals surface area contributed by atoms with Crippen LogP contribution in [0.4, 0.5) is 0 Å². The standard InChI is InChI=1S/C15H19N5O2S/c1-19-14-11(7-22-6-10-2-3-10)4-20(5-12(14)17-18-19)15(21)13-8-23-9-16-13/h8-11H,2-7H2,1H3/t11-/m1/s1. The van der Waals surface area contributed by atoms with Crippen molar-refractivity contribution >= 4 is 17.2 Å². The number of hydrogen-bond donors (Lipinski definition) is 0. The Morgan fingerprint density at radius 2 is 2.30 bits per heavy atom. The topological polar surface area (TPSA) is 73.1 Å². The first-order valence-electron chi connectivity index (χ1n) is 7.86. The van der Waals surface area contributed by atoms with Crippen LogP contribution in [0.2, 0.25) is 0 Å². The van der Waals surface area contributed by atoms with Crippen LogP contribution in [0.25, 0.3) is 0 Å². The number of hydrogen-bond acceptors (Lipinski definition) is 6. The van der Waals surface area contributed by atoms with Gasteiger partial charge in [0.1, 0.15) is 11.4 Å². The highest BCUT2D eigenvalue weighted by Gasteiger charge is 2.33. The van der Waals surface area contributed by atoms with E-state index < -0.39 is 0 Å². The molecule has 0 aromatic carbocycles. The third kappa shape index (κ3) is 3.00. The molecule has 0 N–H and O–H groups in total. The average Bonchev–Trinajstić information content (AvgIpc) is 3.07. The van der Waals surface area contributed by atoms with Gasteiger partial charge >= 0.3 is 0 Å². The smallest absolute Gasteiger partial charge is 0.273 e. The van der Waals surface area contributed by atoms with E-state index in [4.69, 9.17) is 4.74 Å². The van der Waals surface area contributed by atoms with Crippen molar-refractivity contribution in [3.05, 3.63) is 28.0 Å². The van der Waals surface area contributed by atoms with Gasteiger partial charge in [-0.2, -0.15) is 0 Å². The van der Waals surface area contributed by atoms with Crippen molar-refractivity contribution in [2.75, 3.05) is 19.8 Å². The minimum absolute atomic E-state index is 0.0465. The molecule has 8 heteroatoms. The van der Waals surface area contributed by atoms with E-state index >= 15 is 0 Å². The Balaban J connectivity index is 1.51. The molecule has 1 aliphatic heterocycles. The van der Waals surface area contributed by atoms with Gasteiger partial charge in [-0.25, -0.2) is 4.98 Å². The molecule has 0 radical (unpaired) electrons. The molecular weight excluding hydrogens is 314 g/mol. The van der Waals surface area contributed by atoms with Crippen LogP contribution in [0.1, 0.15) is 40.6 Å². The summed E-state index contributed by atoms with van der Waals surface area (Å²) in [6.07, 6.45) is 2.55. The van der Waals surface area contributed by atoms with Crippen molar-refractivity contribution in [3.8, 4) is 0 Å². The van der Waals surface area contributed by atoms with E-state index in [1.807, 2.05) is 11.7 Å². The van der Waals surface area contributed by atoms with Gasteiger partial charge in [-0.05, 0) is 18.8 Å². The van der Waals surface area contributed by atoms with E-state index in [0.29, 0.717) is 25.4 Å². The fourth-order valence-electron chi connectivity index (χ4n) is 3.05. The predicted molar refractivity (Wildman–Crippen MR) is 84.1 cm³/mol. The number of nitrogens with zero attached hydrogens (tertiary/aromatic N) is 5. The monoisotopic (exact) mass is 333 g/mol. The number of ether oxygens (including phenoxy) is 1. The molecule has 2 aromatic rings. The third-order valence-electron chi connectivity index (χ3n) is 4.42. The highest BCUT2D eigenvalue weighted by atomic mass is 32.1. The molecule has 3 heterocycles. The largest absolute Gasteiger partial charge is 0.380 e. The number of thiazole rings is 1. The maximum atomic E-state index is 12.6. The second-order valence-corrected chi connectivity index (χ2v) is 7.00. The highest BCUT2D eigenvalue weighted by Crippen LogP contribution is 2.31. The van der Waals surface area contributed by atoms with Gasteiger partial charge in [-0.1, -0.05) is 5.21 Å². The molecule has 2 aromatic heterocycles. The van der Waals surface area contributed by atoms with Gasteiger partial charge < -0.3 is 9.64 Å². The van der Waals surface area contributed by atoms with Crippen molar-refractivity contribution in [2.24, 2.45) is 13.0 Å². The summed E-state index contributed by atoms with van der Waals surface area (Å²) >= 11 is 1.43. The highest BCUT2D eigenvalue weighted by molar-refractivity contribution is 7.07. The van der Waals surface area contributed by atoms with E-state index in [1.54, 1.807) is 15.8 Å². The van der Waals surface area contributed by atoms with Gasteiger partial charge in [0.05, 0.1) is 24.4 Å². The van der Waals surface area contributed by atoms with E-state index in [1.165, 1.54) is 24.2 Å². The Bertz CT molecular complexity index is 695. The van der Waals surface area contributed by atoms with E-state index in [2.05, 4.69) is 15.3 Å². The molecule has 1 saturated carbocycles. The molecule has 1 aliphatic carbocycles. The third-order valence-corrected chi connectivity index (χ3v) is 5.01. The molecular formula is C15H19N5O2S. The van der Waals surface area contributed by atoms with Crippen LogP contribution < -0.4 is 0 Å². The summed E-state index contributed by atoms with van der Waals surface area (Å²) in [5, 5.41) is 10.1. The summed E-state index contributed by atoms with van der Waals surface area (Å²) < 4.78 is 7.69. The Labute approximate surface area is 138 Å². The van der Waals surface area contributed by atoms with Crippen LogP contribution >= 0.6 is 11.3 Å². The van der Waals surface area contributed by atoms with Crippen molar-refractivity contribution in [1.82, 2.24) is 24.9 Å². The van der Waals surface area contributed by atoms with Crippen molar-refractivity contribution in [2.45, 2.75) is 25.3 Å². The molecule has 7 nitrogen and oxygen atoms in total. The number of carbonyl (C=O) groups excluding carboxylic acids is 1. The zero-order valence-electron chi connectivity index (χ0n) is 13.0. The van der Waals surface area contributed by atoms with Crippen molar-refractivity contribution in [3.63, 3.8) is 0 Å². The van der Waals surface area contributed by atoms with Gasteiger partial charge in [0.15, 0.2) is 0 Å². The lowest BCUT2D eigenvalue weighted by molar-refractivity contribution is 0.0614. The fourth-order valence-corrected chi connectivity index (χ4v) is 3.57. The fraction of sp³-hybridized carbons (Fsp3) is 0.600. The van der Waals surface area contributed by atoms with Crippen LogP contribution in [0, 0.1) is 5.92 Å². The molecule has 1 fully saturated rings. The number of aryl methyl sites for hydroxylation is 1. The zero-order chi connectivity index (χ0) is 15.8. The first kappa shape index (κ1) is 14.8. The molecule has 0 bridgehead atoms. The first-order valence-corrected chi connectivity index (χ1v) is 8.80. The van der Waals surface area contributed by atoms with Gasteiger partial charge in [0.2, 0.25) is 0 Å².